The fourth-order valence-corrected chi connectivity index (χ4v) is 1.48. The maximum atomic E-state index is 9.00. The Morgan fingerprint density at radius 3 is 2.68 bits per heavy atom. The van der Waals surface area contributed by atoms with Gasteiger partial charge in [0.2, 0.25) is 0 Å². The van der Waals surface area contributed by atoms with Crippen molar-refractivity contribution in [1.29, 1.82) is 10.5 Å². The molecule has 0 fully saturated rings. The average Bonchev–Trinajstić information content (AvgIpc) is 2.46. The van der Waals surface area contributed by atoms with Crippen LogP contribution in [0.3, 0.4) is 0 Å². The molecule has 0 spiro atoms. The van der Waals surface area contributed by atoms with E-state index in [4.69, 9.17) is 10.5 Å². The van der Waals surface area contributed by atoms with Crippen LogP contribution in [0.4, 0.5) is 17.3 Å². The molecule has 0 saturated carbocycles. The van der Waals surface area contributed by atoms with Gasteiger partial charge in [-0.15, -0.1) is 0 Å². The monoisotopic (exact) mass is 250 g/mol. The van der Waals surface area contributed by atoms with Gasteiger partial charge in [-0.3, -0.25) is 0 Å². The number of benzene rings is 1. The highest BCUT2D eigenvalue weighted by molar-refractivity contribution is 5.65. The molecule has 6 heteroatoms. The molecule has 19 heavy (non-hydrogen) atoms. The van der Waals surface area contributed by atoms with Gasteiger partial charge in [-0.2, -0.15) is 10.5 Å². The van der Waals surface area contributed by atoms with Crippen molar-refractivity contribution < 1.29 is 0 Å². The molecule has 6 nitrogen and oxygen atoms in total. The van der Waals surface area contributed by atoms with Crippen molar-refractivity contribution in [3.05, 3.63) is 42.2 Å². The lowest BCUT2D eigenvalue weighted by Gasteiger charge is -2.08. The van der Waals surface area contributed by atoms with Crippen LogP contribution in [0.1, 0.15) is 5.56 Å². The Kier molecular flexibility index (Phi) is 3.89. The minimum Gasteiger partial charge on any atom is -0.357 e. The number of hydrogen-bond donors (Lipinski definition) is 2. The number of nitriles is 2. The molecule has 0 unspecified atom stereocenters. The normalized spacial score (nSPS) is 9.16. The zero-order chi connectivity index (χ0) is 13.5. The van der Waals surface area contributed by atoms with E-state index in [0.29, 0.717) is 22.9 Å². The van der Waals surface area contributed by atoms with Gasteiger partial charge in [0.15, 0.2) is 0 Å². The average molecular weight is 250 g/mol. The van der Waals surface area contributed by atoms with Crippen LogP contribution >= 0.6 is 0 Å². The highest BCUT2D eigenvalue weighted by Crippen LogP contribution is 2.19. The number of rotatable bonds is 4. The number of anilines is 3. The van der Waals surface area contributed by atoms with Crippen molar-refractivity contribution >= 4 is 17.3 Å². The highest BCUT2D eigenvalue weighted by atomic mass is 15.1. The molecular weight excluding hydrogens is 240 g/mol. The molecule has 1 aromatic heterocycles. The summed E-state index contributed by atoms with van der Waals surface area (Å²) in [6.45, 7) is 0.172. The zero-order valence-electron chi connectivity index (χ0n) is 9.96. The number of nitrogens with one attached hydrogen (secondary N) is 2. The van der Waals surface area contributed by atoms with Gasteiger partial charge < -0.3 is 10.6 Å². The molecule has 1 heterocycles. The molecule has 2 rings (SSSR count). The third-order valence-corrected chi connectivity index (χ3v) is 2.33. The Balaban J connectivity index is 2.20. The first kappa shape index (κ1) is 12.3. The maximum absolute atomic E-state index is 9.00. The summed E-state index contributed by atoms with van der Waals surface area (Å²) < 4.78 is 0. The summed E-state index contributed by atoms with van der Waals surface area (Å²) in [5.41, 5.74) is 1.21. The van der Waals surface area contributed by atoms with E-state index < -0.39 is 0 Å². The lowest BCUT2D eigenvalue weighted by atomic mass is 10.2. The predicted molar refractivity (Wildman–Crippen MR) is 70.6 cm³/mol. The molecule has 0 aliphatic rings. The van der Waals surface area contributed by atoms with Crippen LogP contribution in [0.25, 0.3) is 0 Å². The Labute approximate surface area is 110 Å². The zero-order valence-corrected chi connectivity index (χ0v) is 9.96. The number of para-hydroxylation sites is 1. The summed E-state index contributed by atoms with van der Waals surface area (Å²) in [4.78, 5) is 8.05. The topological polar surface area (TPSA) is 97.4 Å². The molecule has 0 bridgehead atoms. The fourth-order valence-electron chi connectivity index (χ4n) is 1.48. The first-order valence-electron chi connectivity index (χ1n) is 5.52. The van der Waals surface area contributed by atoms with Crippen LogP contribution in [0.15, 0.2) is 36.7 Å². The van der Waals surface area contributed by atoms with E-state index in [0.717, 1.165) is 0 Å². The largest absolute Gasteiger partial charge is 0.357 e. The summed E-state index contributed by atoms with van der Waals surface area (Å²) >= 11 is 0. The van der Waals surface area contributed by atoms with Crippen LogP contribution in [-0.4, -0.2) is 16.5 Å². The van der Waals surface area contributed by atoms with E-state index in [1.165, 1.54) is 6.33 Å². The molecule has 0 saturated heterocycles. The minimum atomic E-state index is 0.172. The quantitative estimate of drug-likeness (QED) is 0.806. The van der Waals surface area contributed by atoms with Gasteiger partial charge in [0, 0.05) is 6.07 Å². The summed E-state index contributed by atoms with van der Waals surface area (Å²) in [5.74, 6) is 1.10. The van der Waals surface area contributed by atoms with Crippen molar-refractivity contribution in [2.24, 2.45) is 0 Å². The van der Waals surface area contributed by atoms with Gasteiger partial charge in [-0.1, -0.05) is 12.1 Å². The van der Waals surface area contributed by atoms with Crippen LogP contribution < -0.4 is 10.6 Å². The van der Waals surface area contributed by atoms with Gasteiger partial charge in [0.05, 0.1) is 17.3 Å². The van der Waals surface area contributed by atoms with E-state index in [1.807, 2.05) is 12.1 Å². The Morgan fingerprint density at radius 2 is 1.89 bits per heavy atom. The van der Waals surface area contributed by atoms with E-state index >= 15 is 0 Å². The molecule has 0 amide bonds. The second kappa shape index (κ2) is 5.99. The Bertz CT molecular complexity index is 653. The summed E-state index contributed by atoms with van der Waals surface area (Å²) in [6.07, 6.45) is 1.39. The van der Waals surface area contributed by atoms with E-state index in [1.54, 1.807) is 24.3 Å². The van der Waals surface area contributed by atoms with Crippen LogP contribution in [0.5, 0.6) is 0 Å². The summed E-state index contributed by atoms with van der Waals surface area (Å²) in [7, 11) is 0. The van der Waals surface area contributed by atoms with Crippen molar-refractivity contribution in [3.63, 3.8) is 0 Å². The van der Waals surface area contributed by atoms with Crippen molar-refractivity contribution in [3.8, 4) is 12.1 Å². The first-order valence-corrected chi connectivity index (χ1v) is 5.52. The first-order chi connectivity index (χ1) is 9.33. The molecule has 1 aromatic carbocycles. The second-order valence-corrected chi connectivity index (χ2v) is 3.58. The Hall–Kier alpha value is -3.12. The minimum absolute atomic E-state index is 0.172. The van der Waals surface area contributed by atoms with Gasteiger partial charge in [-0.05, 0) is 12.1 Å². The third-order valence-electron chi connectivity index (χ3n) is 2.33. The fraction of sp³-hybridized carbons (Fsp3) is 0.0769. The van der Waals surface area contributed by atoms with E-state index in [9.17, 15) is 0 Å². The smallest absolute Gasteiger partial charge is 0.135 e. The molecule has 2 aromatic rings. The number of hydrogen-bond acceptors (Lipinski definition) is 6. The predicted octanol–water partition coefficient (Wildman–Crippen LogP) is 2.03. The third kappa shape index (κ3) is 3.18. The molecule has 2 N–H and O–H groups in total. The lowest BCUT2D eigenvalue weighted by molar-refractivity contribution is 1.14. The molecule has 0 aliphatic heterocycles. The van der Waals surface area contributed by atoms with Gasteiger partial charge in [0.1, 0.15) is 30.6 Å². The van der Waals surface area contributed by atoms with Gasteiger partial charge in [-0.25, -0.2) is 9.97 Å². The summed E-state index contributed by atoms with van der Waals surface area (Å²) in [5, 5.41) is 23.4. The van der Waals surface area contributed by atoms with Crippen molar-refractivity contribution in [1.82, 2.24) is 9.97 Å². The highest BCUT2D eigenvalue weighted by Gasteiger charge is 2.03. The standard InChI is InChI=1S/C13H10N6/c14-5-6-16-12-7-13(18-9-17-12)19-11-4-2-1-3-10(11)8-15/h1-4,7,9H,6H2,(H2,16,17,18,19). The van der Waals surface area contributed by atoms with Crippen molar-refractivity contribution in [2.45, 2.75) is 0 Å². The molecule has 0 atom stereocenters. The van der Waals surface area contributed by atoms with Crippen LogP contribution in [-0.2, 0) is 0 Å². The molecule has 0 aliphatic carbocycles. The van der Waals surface area contributed by atoms with Gasteiger partial charge in [0.25, 0.3) is 0 Å². The van der Waals surface area contributed by atoms with Crippen molar-refractivity contribution in [2.75, 3.05) is 17.2 Å². The van der Waals surface area contributed by atoms with E-state index in [-0.39, 0.29) is 6.54 Å². The summed E-state index contributed by atoms with van der Waals surface area (Å²) in [6, 6.07) is 12.9. The molecule has 0 radical (unpaired) electrons. The number of nitrogens with zero attached hydrogens (tertiary/aromatic N) is 4. The van der Waals surface area contributed by atoms with Crippen LogP contribution in [0, 0.1) is 22.7 Å². The molecule has 92 valence electrons. The SMILES string of the molecule is N#CCNc1cc(Nc2ccccc2C#N)ncn1. The lowest BCUT2D eigenvalue weighted by Crippen LogP contribution is -2.03. The van der Waals surface area contributed by atoms with Gasteiger partial charge >= 0.3 is 0 Å². The maximum Gasteiger partial charge on any atom is 0.135 e. The Morgan fingerprint density at radius 1 is 1.11 bits per heavy atom. The number of aromatic nitrogens is 2. The van der Waals surface area contributed by atoms with Crippen LogP contribution in [0.2, 0.25) is 0 Å². The molecular formula is C13H10N6. The van der Waals surface area contributed by atoms with E-state index in [2.05, 4.69) is 26.7 Å². The second-order valence-electron chi connectivity index (χ2n) is 3.58.